The topological polar surface area (TPSA) is 83.8 Å². The summed E-state index contributed by atoms with van der Waals surface area (Å²) in [4.78, 5) is 9.37. The Morgan fingerprint density at radius 1 is 1.07 bits per heavy atom. The van der Waals surface area contributed by atoms with Gasteiger partial charge in [0.1, 0.15) is 11.2 Å². The monoisotopic (exact) mass is 381 g/mol. The first kappa shape index (κ1) is 16.3. The minimum Gasteiger partial charge on any atom is -0.378 e. The molecular formula is C19H23N7O2. The normalized spacial score (nSPS) is 25.0. The Morgan fingerprint density at radius 3 is 2.64 bits per heavy atom. The summed E-state index contributed by atoms with van der Waals surface area (Å²) in [5.41, 5.74) is 2.95. The average molecular weight is 381 g/mol. The molecule has 146 valence electrons. The van der Waals surface area contributed by atoms with Crippen molar-refractivity contribution in [3.63, 3.8) is 0 Å². The number of aromatic nitrogens is 5. The summed E-state index contributed by atoms with van der Waals surface area (Å²) in [5, 5.41) is 12.2. The molecule has 3 aliphatic heterocycles. The van der Waals surface area contributed by atoms with Crippen LogP contribution in [-0.4, -0.2) is 76.4 Å². The van der Waals surface area contributed by atoms with Gasteiger partial charge in [0.05, 0.1) is 37.3 Å². The quantitative estimate of drug-likeness (QED) is 0.733. The van der Waals surface area contributed by atoms with E-state index in [-0.39, 0.29) is 0 Å². The Bertz CT molecular complexity index is 968. The lowest BCUT2D eigenvalue weighted by Gasteiger charge is -2.34. The molecule has 0 spiro atoms. The van der Waals surface area contributed by atoms with Crippen molar-refractivity contribution in [3.05, 3.63) is 24.5 Å². The molecule has 6 heterocycles. The Morgan fingerprint density at radius 2 is 1.89 bits per heavy atom. The number of imidazole rings is 1. The third-order valence-electron chi connectivity index (χ3n) is 5.92. The largest absolute Gasteiger partial charge is 0.378 e. The highest BCUT2D eigenvalue weighted by atomic mass is 16.5. The third kappa shape index (κ3) is 2.65. The van der Waals surface area contributed by atoms with Gasteiger partial charge in [0.25, 0.3) is 0 Å². The van der Waals surface area contributed by atoms with Gasteiger partial charge in [-0.25, -0.2) is 9.50 Å². The lowest BCUT2D eigenvalue weighted by molar-refractivity contribution is 0.0301. The Kier molecular flexibility index (Phi) is 3.76. The molecule has 1 N–H and O–H groups in total. The number of nitrogens with one attached hydrogen (secondary N) is 1. The van der Waals surface area contributed by atoms with Crippen molar-refractivity contribution in [2.45, 2.75) is 25.0 Å². The maximum atomic E-state index is 6.02. The highest BCUT2D eigenvalue weighted by Crippen LogP contribution is 2.33. The zero-order chi connectivity index (χ0) is 18.5. The molecule has 3 aromatic heterocycles. The number of hydrogen-bond donors (Lipinski definition) is 1. The van der Waals surface area contributed by atoms with E-state index in [2.05, 4.69) is 31.0 Å². The zero-order valence-corrected chi connectivity index (χ0v) is 15.6. The van der Waals surface area contributed by atoms with Gasteiger partial charge in [-0.15, -0.1) is 5.10 Å². The van der Waals surface area contributed by atoms with Crippen molar-refractivity contribution in [2.24, 2.45) is 0 Å². The molecule has 2 atom stereocenters. The summed E-state index contributed by atoms with van der Waals surface area (Å²) in [6.07, 6.45) is 6.62. The van der Waals surface area contributed by atoms with Crippen molar-refractivity contribution in [3.8, 4) is 11.5 Å². The van der Waals surface area contributed by atoms with Gasteiger partial charge in [0.2, 0.25) is 0 Å². The summed E-state index contributed by atoms with van der Waals surface area (Å²) in [5.74, 6) is 1.73. The van der Waals surface area contributed by atoms with Crippen LogP contribution in [0.4, 0.5) is 11.5 Å². The van der Waals surface area contributed by atoms with E-state index < -0.39 is 0 Å². The molecule has 9 heteroatoms. The van der Waals surface area contributed by atoms with Gasteiger partial charge in [0, 0.05) is 38.4 Å². The molecule has 3 aromatic rings. The van der Waals surface area contributed by atoms with E-state index in [9.17, 15) is 0 Å². The molecule has 0 aliphatic carbocycles. The van der Waals surface area contributed by atoms with Crippen LogP contribution in [0.1, 0.15) is 12.8 Å². The summed E-state index contributed by atoms with van der Waals surface area (Å²) in [6.45, 7) is 5.01. The molecule has 28 heavy (non-hydrogen) atoms. The molecule has 2 unspecified atom stereocenters. The first-order valence-electron chi connectivity index (χ1n) is 9.97. The Labute approximate surface area is 162 Å². The summed E-state index contributed by atoms with van der Waals surface area (Å²) in [6, 6.07) is 4.13. The van der Waals surface area contributed by atoms with Crippen LogP contribution < -0.4 is 9.80 Å². The number of nitrogens with zero attached hydrogens (tertiary/aromatic N) is 6. The molecule has 3 saturated heterocycles. The molecule has 6 rings (SSSR count). The molecule has 2 bridgehead atoms. The smallest absolute Gasteiger partial charge is 0.182 e. The highest BCUT2D eigenvalue weighted by molar-refractivity contribution is 5.77. The van der Waals surface area contributed by atoms with Crippen molar-refractivity contribution in [1.82, 2.24) is 24.8 Å². The second-order valence-electron chi connectivity index (χ2n) is 7.69. The number of anilines is 2. The fraction of sp³-hybridized carbons (Fsp3) is 0.526. The van der Waals surface area contributed by atoms with Crippen LogP contribution >= 0.6 is 0 Å². The van der Waals surface area contributed by atoms with Crippen LogP contribution in [0.15, 0.2) is 24.5 Å². The number of aromatic amines is 1. The summed E-state index contributed by atoms with van der Waals surface area (Å²) < 4.78 is 13.5. The molecule has 9 nitrogen and oxygen atoms in total. The number of H-pyrrole nitrogens is 1. The fourth-order valence-corrected chi connectivity index (χ4v) is 4.52. The molecule has 0 saturated carbocycles. The summed E-state index contributed by atoms with van der Waals surface area (Å²) in [7, 11) is 0. The zero-order valence-electron chi connectivity index (χ0n) is 15.6. The van der Waals surface area contributed by atoms with Crippen LogP contribution in [-0.2, 0) is 9.47 Å². The van der Waals surface area contributed by atoms with Crippen LogP contribution in [0.3, 0.4) is 0 Å². The number of fused-ring (bicyclic) bond motifs is 3. The highest BCUT2D eigenvalue weighted by Gasteiger charge is 2.35. The average Bonchev–Trinajstić information content (AvgIpc) is 3.47. The van der Waals surface area contributed by atoms with Gasteiger partial charge >= 0.3 is 0 Å². The lowest BCUT2D eigenvalue weighted by atomic mass is 10.2. The van der Waals surface area contributed by atoms with E-state index in [1.165, 1.54) is 0 Å². The first-order chi connectivity index (χ1) is 13.8. The minimum absolute atomic E-state index is 0.316. The third-order valence-corrected chi connectivity index (χ3v) is 5.92. The van der Waals surface area contributed by atoms with Crippen molar-refractivity contribution in [2.75, 3.05) is 49.2 Å². The van der Waals surface area contributed by atoms with E-state index in [4.69, 9.17) is 14.6 Å². The maximum absolute atomic E-state index is 6.02. The molecule has 0 radical (unpaired) electrons. The van der Waals surface area contributed by atoms with Gasteiger partial charge in [-0.3, -0.25) is 5.10 Å². The number of hydrogen-bond acceptors (Lipinski definition) is 7. The number of rotatable bonds is 3. The van der Waals surface area contributed by atoms with Crippen LogP contribution in [0.2, 0.25) is 0 Å². The standard InChI is InChI=1S/C19H23N7O2/c1-2-14-12-25(11-13(1)28-14)18-9-16(24-5-7-27-8-6-24)17-10-20-19(26(17)23-18)15-3-4-21-22-15/h3-4,9-10,13-14H,1-2,5-8,11-12H2,(H,21,22). The van der Waals surface area contributed by atoms with Crippen molar-refractivity contribution < 1.29 is 9.47 Å². The predicted molar refractivity (Wildman–Crippen MR) is 104 cm³/mol. The Balaban J connectivity index is 1.48. The van der Waals surface area contributed by atoms with Crippen LogP contribution in [0, 0.1) is 0 Å². The van der Waals surface area contributed by atoms with E-state index in [0.29, 0.717) is 12.2 Å². The van der Waals surface area contributed by atoms with Crippen molar-refractivity contribution >= 4 is 17.0 Å². The second-order valence-corrected chi connectivity index (χ2v) is 7.69. The van der Waals surface area contributed by atoms with E-state index in [0.717, 1.165) is 80.8 Å². The van der Waals surface area contributed by atoms with Gasteiger partial charge in [-0.05, 0) is 18.9 Å². The van der Waals surface area contributed by atoms with Gasteiger partial charge in [-0.2, -0.15) is 5.10 Å². The summed E-state index contributed by atoms with van der Waals surface area (Å²) >= 11 is 0. The SMILES string of the molecule is c1cc(-c2ncc3c(N4CCOCC4)cc(N4CC5CCC(C4)O5)nn23)n[nH]1. The Hall–Kier alpha value is -2.65. The predicted octanol–water partition coefficient (Wildman–Crippen LogP) is 1.32. The molecular weight excluding hydrogens is 358 g/mol. The lowest BCUT2D eigenvalue weighted by Crippen LogP contribution is -2.43. The maximum Gasteiger partial charge on any atom is 0.182 e. The van der Waals surface area contributed by atoms with Crippen LogP contribution in [0.25, 0.3) is 17.0 Å². The van der Waals surface area contributed by atoms with E-state index in [1.807, 2.05) is 23.0 Å². The van der Waals surface area contributed by atoms with Crippen molar-refractivity contribution in [1.29, 1.82) is 0 Å². The minimum atomic E-state index is 0.316. The molecule has 3 aliphatic rings. The number of morpholine rings is 2. The first-order valence-corrected chi connectivity index (χ1v) is 9.97. The fourth-order valence-electron chi connectivity index (χ4n) is 4.52. The van der Waals surface area contributed by atoms with Crippen LogP contribution in [0.5, 0.6) is 0 Å². The van der Waals surface area contributed by atoms with Gasteiger partial charge < -0.3 is 19.3 Å². The van der Waals surface area contributed by atoms with E-state index in [1.54, 1.807) is 0 Å². The van der Waals surface area contributed by atoms with E-state index >= 15 is 0 Å². The van der Waals surface area contributed by atoms with Gasteiger partial charge in [-0.1, -0.05) is 0 Å². The molecule has 0 amide bonds. The van der Waals surface area contributed by atoms with Gasteiger partial charge in [0.15, 0.2) is 11.6 Å². The second kappa shape index (κ2) is 6.46. The molecule has 3 fully saturated rings. The molecule has 0 aromatic carbocycles. The number of ether oxygens (including phenoxy) is 2.